The molecule has 6 nitrogen and oxygen atoms in total. The maximum Gasteiger partial charge on any atom is 0.279 e. The molecule has 3 amide bonds. The number of imide groups is 1. The zero-order valence-corrected chi connectivity index (χ0v) is 17.2. The summed E-state index contributed by atoms with van der Waals surface area (Å²) in [6.07, 6.45) is 1.32. The smallest absolute Gasteiger partial charge is 0.279 e. The summed E-state index contributed by atoms with van der Waals surface area (Å²) in [6.45, 7) is 4.86. The molecule has 0 radical (unpaired) electrons. The van der Waals surface area contributed by atoms with Crippen molar-refractivity contribution in [2.24, 2.45) is 4.99 Å². The fourth-order valence-corrected chi connectivity index (χ4v) is 4.80. The van der Waals surface area contributed by atoms with E-state index in [-0.39, 0.29) is 24.7 Å². The fraction of sp³-hybridized carbons (Fsp3) is 0.273. The van der Waals surface area contributed by atoms with Crippen molar-refractivity contribution in [3.8, 4) is 0 Å². The van der Waals surface area contributed by atoms with Gasteiger partial charge in [-0.05, 0) is 43.2 Å². The third-order valence-electron chi connectivity index (χ3n) is 5.08. The molecule has 0 N–H and O–H groups in total. The lowest BCUT2D eigenvalue weighted by Crippen LogP contribution is -2.28. The maximum atomic E-state index is 12.9. The Labute approximate surface area is 172 Å². The first kappa shape index (κ1) is 19.3. The van der Waals surface area contributed by atoms with Crippen LogP contribution in [0.15, 0.2) is 47.5 Å². The number of carbonyl (C=O) groups is 3. The van der Waals surface area contributed by atoms with Crippen LogP contribution in [0.25, 0.3) is 10.2 Å². The second kappa shape index (κ2) is 7.75. The molecular formula is C22H21N3O3S. The second-order valence-electron chi connectivity index (χ2n) is 6.84. The Morgan fingerprint density at radius 2 is 1.79 bits per heavy atom. The van der Waals surface area contributed by atoms with Gasteiger partial charge in [0.15, 0.2) is 4.80 Å². The van der Waals surface area contributed by atoms with Gasteiger partial charge in [0, 0.05) is 24.9 Å². The number of hydrogen-bond acceptors (Lipinski definition) is 4. The number of carbonyl (C=O) groups excluding carboxylic acids is 3. The molecule has 0 bridgehead atoms. The highest BCUT2D eigenvalue weighted by atomic mass is 32.1. The van der Waals surface area contributed by atoms with Gasteiger partial charge < -0.3 is 4.57 Å². The molecule has 2 heterocycles. The van der Waals surface area contributed by atoms with E-state index in [0.29, 0.717) is 22.6 Å². The zero-order valence-electron chi connectivity index (χ0n) is 16.3. The Morgan fingerprint density at radius 1 is 1.07 bits per heavy atom. The van der Waals surface area contributed by atoms with Crippen molar-refractivity contribution < 1.29 is 14.4 Å². The number of thiazole rings is 1. The van der Waals surface area contributed by atoms with Crippen molar-refractivity contribution >= 4 is 45.0 Å². The first-order valence-electron chi connectivity index (χ1n) is 9.69. The topological polar surface area (TPSA) is 71.7 Å². The van der Waals surface area contributed by atoms with Crippen LogP contribution in [0.2, 0.25) is 0 Å². The molecule has 1 aromatic heterocycles. The summed E-state index contributed by atoms with van der Waals surface area (Å²) in [6, 6.07) is 12.7. The highest BCUT2D eigenvalue weighted by Gasteiger charge is 2.30. The van der Waals surface area contributed by atoms with Crippen LogP contribution in [0.1, 0.15) is 42.6 Å². The quantitative estimate of drug-likeness (QED) is 0.620. The molecule has 0 saturated carbocycles. The van der Waals surface area contributed by atoms with E-state index in [4.69, 9.17) is 0 Å². The van der Waals surface area contributed by atoms with Gasteiger partial charge in [-0.2, -0.15) is 4.99 Å². The van der Waals surface area contributed by atoms with Gasteiger partial charge in [0.25, 0.3) is 5.91 Å². The number of para-hydroxylation sites is 1. The number of nitrogens with zero attached hydrogens (tertiary/aromatic N) is 3. The van der Waals surface area contributed by atoms with Gasteiger partial charge in [-0.15, -0.1) is 0 Å². The predicted octanol–water partition coefficient (Wildman–Crippen LogP) is 3.68. The molecule has 0 unspecified atom stereocenters. The van der Waals surface area contributed by atoms with Crippen LogP contribution >= 0.6 is 11.3 Å². The molecule has 1 saturated heterocycles. The van der Waals surface area contributed by atoms with Crippen LogP contribution in [-0.4, -0.2) is 22.3 Å². The molecule has 3 aromatic rings. The molecule has 1 fully saturated rings. The van der Waals surface area contributed by atoms with Crippen LogP contribution in [0.3, 0.4) is 0 Å². The molecule has 7 heteroatoms. The highest BCUT2D eigenvalue weighted by Crippen LogP contribution is 2.24. The van der Waals surface area contributed by atoms with E-state index in [1.165, 1.54) is 16.9 Å². The Hall–Kier alpha value is -3.06. The number of aryl methyl sites for hydroxylation is 2. The van der Waals surface area contributed by atoms with Crippen LogP contribution in [0, 0.1) is 0 Å². The van der Waals surface area contributed by atoms with E-state index < -0.39 is 5.91 Å². The number of amides is 3. The number of anilines is 1. The van der Waals surface area contributed by atoms with Gasteiger partial charge in [0.2, 0.25) is 11.8 Å². The molecule has 29 heavy (non-hydrogen) atoms. The first-order chi connectivity index (χ1) is 14.0. The fourth-order valence-electron chi connectivity index (χ4n) is 3.66. The zero-order chi connectivity index (χ0) is 20.5. The number of benzene rings is 2. The van der Waals surface area contributed by atoms with Gasteiger partial charge >= 0.3 is 0 Å². The van der Waals surface area contributed by atoms with Crippen molar-refractivity contribution in [3.63, 3.8) is 0 Å². The predicted molar refractivity (Wildman–Crippen MR) is 113 cm³/mol. The van der Waals surface area contributed by atoms with E-state index >= 15 is 0 Å². The number of aromatic nitrogens is 1. The van der Waals surface area contributed by atoms with Crippen LogP contribution in [0.5, 0.6) is 0 Å². The van der Waals surface area contributed by atoms with E-state index in [1.54, 1.807) is 24.3 Å². The van der Waals surface area contributed by atoms with Crippen molar-refractivity contribution in [1.29, 1.82) is 0 Å². The first-order valence-corrected chi connectivity index (χ1v) is 10.5. The van der Waals surface area contributed by atoms with Crippen LogP contribution in [0.4, 0.5) is 5.69 Å². The minimum atomic E-state index is -0.391. The lowest BCUT2D eigenvalue weighted by Gasteiger charge is -2.14. The summed E-state index contributed by atoms with van der Waals surface area (Å²) in [4.78, 5) is 43.0. The summed E-state index contributed by atoms with van der Waals surface area (Å²) in [5.41, 5.74) is 3.12. The lowest BCUT2D eigenvalue weighted by molar-refractivity contribution is -0.121. The van der Waals surface area contributed by atoms with Crippen LogP contribution in [-0.2, 0) is 22.6 Å². The van der Waals surface area contributed by atoms with E-state index in [1.807, 2.05) is 19.1 Å². The Kier molecular flexibility index (Phi) is 5.15. The second-order valence-corrected chi connectivity index (χ2v) is 7.85. The summed E-state index contributed by atoms with van der Waals surface area (Å²) >= 11 is 1.49. The monoisotopic (exact) mass is 407 g/mol. The van der Waals surface area contributed by atoms with Gasteiger partial charge in [-0.1, -0.05) is 36.5 Å². The van der Waals surface area contributed by atoms with Crippen molar-refractivity contribution in [3.05, 3.63) is 58.4 Å². The van der Waals surface area contributed by atoms with Gasteiger partial charge in [-0.25, -0.2) is 0 Å². The number of rotatable bonds is 4. The SMILES string of the molecule is CCc1cccc2sc(=NC(=O)c3cccc(N4C(=O)CCC4=O)c3)n(CC)c12. The van der Waals surface area contributed by atoms with Crippen molar-refractivity contribution in [2.75, 3.05) is 4.90 Å². The number of hydrogen-bond donors (Lipinski definition) is 0. The molecule has 4 rings (SSSR count). The standard InChI is InChI=1S/C22H21N3O3S/c1-3-14-7-6-10-17-20(14)24(4-2)22(29-17)23-21(28)15-8-5-9-16(13-15)25-18(26)11-12-19(25)27/h5-10,13H,3-4,11-12H2,1-2H3. The minimum Gasteiger partial charge on any atom is -0.316 e. The lowest BCUT2D eigenvalue weighted by atomic mass is 10.1. The van der Waals surface area contributed by atoms with E-state index in [0.717, 1.165) is 21.5 Å². The third-order valence-corrected chi connectivity index (χ3v) is 6.13. The summed E-state index contributed by atoms with van der Waals surface area (Å²) in [5.74, 6) is -0.869. The molecule has 0 spiro atoms. The largest absolute Gasteiger partial charge is 0.316 e. The van der Waals surface area contributed by atoms with Crippen molar-refractivity contribution in [1.82, 2.24) is 4.57 Å². The van der Waals surface area contributed by atoms with Crippen molar-refractivity contribution in [2.45, 2.75) is 39.7 Å². The average molecular weight is 407 g/mol. The normalized spacial score (nSPS) is 15.0. The van der Waals surface area contributed by atoms with E-state index in [9.17, 15) is 14.4 Å². The third kappa shape index (κ3) is 3.42. The molecule has 1 aliphatic heterocycles. The minimum absolute atomic E-state index is 0.208. The average Bonchev–Trinajstić information content (AvgIpc) is 3.26. The molecule has 0 aliphatic carbocycles. The Balaban J connectivity index is 1.77. The Morgan fingerprint density at radius 3 is 2.48 bits per heavy atom. The summed E-state index contributed by atoms with van der Waals surface area (Å²) in [5, 5.41) is 0. The molecule has 2 aromatic carbocycles. The van der Waals surface area contributed by atoms with Gasteiger partial charge in [0.05, 0.1) is 15.9 Å². The Bertz CT molecular complexity index is 1190. The van der Waals surface area contributed by atoms with Gasteiger partial charge in [0.1, 0.15) is 0 Å². The summed E-state index contributed by atoms with van der Waals surface area (Å²) < 4.78 is 3.16. The molecule has 148 valence electrons. The van der Waals surface area contributed by atoms with Gasteiger partial charge in [-0.3, -0.25) is 19.3 Å². The molecule has 0 atom stereocenters. The number of fused-ring (bicyclic) bond motifs is 1. The maximum absolute atomic E-state index is 12.9. The van der Waals surface area contributed by atoms with E-state index in [2.05, 4.69) is 22.5 Å². The highest BCUT2D eigenvalue weighted by molar-refractivity contribution is 7.16. The molecule has 1 aliphatic rings. The van der Waals surface area contributed by atoms with Crippen LogP contribution < -0.4 is 9.70 Å². The summed E-state index contributed by atoms with van der Waals surface area (Å²) in [7, 11) is 0. The molecular weight excluding hydrogens is 386 g/mol.